The minimum absolute atomic E-state index is 0.0242. The smallest absolute Gasteiger partial charge is 0.281 e. The summed E-state index contributed by atoms with van der Waals surface area (Å²) in [5, 5.41) is 13.3. The Labute approximate surface area is 245 Å². The molecule has 0 fully saturated rings. The maximum Gasteiger partial charge on any atom is 0.281 e. The first-order chi connectivity index (χ1) is 19.7. The average molecular weight is 611 g/mol. The number of benzene rings is 3. The Morgan fingerprint density at radius 3 is 2.54 bits per heavy atom. The number of anilines is 2. The maximum absolute atomic E-state index is 13.8. The molecular formula is C29H24ClFN4O4S2. The topological polar surface area (TPSA) is 113 Å². The van der Waals surface area contributed by atoms with E-state index in [-0.39, 0.29) is 27.5 Å². The fourth-order valence-corrected chi connectivity index (χ4v) is 6.73. The summed E-state index contributed by atoms with van der Waals surface area (Å²) in [6.07, 6.45) is 1.40. The summed E-state index contributed by atoms with van der Waals surface area (Å²) in [7, 11) is -2.64. The Kier molecular flexibility index (Phi) is 8.11. The zero-order valence-electron chi connectivity index (χ0n) is 21.9. The number of pyridine rings is 1. The molecule has 0 spiro atoms. The van der Waals surface area contributed by atoms with Crippen LogP contribution in [0.1, 0.15) is 11.1 Å². The molecule has 5 rings (SSSR count). The number of aromatic nitrogens is 2. The van der Waals surface area contributed by atoms with Gasteiger partial charge in [-0.15, -0.1) is 0 Å². The highest BCUT2D eigenvalue weighted by Crippen LogP contribution is 2.40. The van der Waals surface area contributed by atoms with Gasteiger partial charge in [-0.3, -0.25) is 4.72 Å². The number of phenolic OH excluding ortho intramolecular Hbond substituents is 1. The SMILES string of the molecule is COc1cccc(CNc2cnc(S(=O)(=O)Nc3nc(-c4ccc(F)c(Cl)c4)c(-c4ccccc4)s3)c(C)c2)c1O. The summed E-state index contributed by atoms with van der Waals surface area (Å²) in [4.78, 5) is 9.43. The molecule has 0 bridgehead atoms. The lowest BCUT2D eigenvalue weighted by Crippen LogP contribution is -2.16. The Balaban J connectivity index is 1.41. The van der Waals surface area contributed by atoms with Crippen molar-refractivity contribution in [3.63, 3.8) is 0 Å². The van der Waals surface area contributed by atoms with Crippen LogP contribution in [-0.2, 0) is 16.6 Å². The van der Waals surface area contributed by atoms with Gasteiger partial charge in [0.2, 0.25) is 0 Å². The van der Waals surface area contributed by atoms with E-state index in [1.165, 1.54) is 25.4 Å². The molecule has 3 aromatic carbocycles. The van der Waals surface area contributed by atoms with Gasteiger partial charge < -0.3 is 15.2 Å². The first-order valence-electron chi connectivity index (χ1n) is 12.3. The van der Waals surface area contributed by atoms with Gasteiger partial charge in [-0.2, -0.15) is 8.42 Å². The van der Waals surface area contributed by atoms with Gasteiger partial charge in [-0.05, 0) is 48.4 Å². The molecule has 0 saturated heterocycles. The van der Waals surface area contributed by atoms with E-state index in [0.29, 0.717) is 38.7 Å². The number of thiazole rings is 1. The molecule has 5 aromatic rings. The quantitative estimate of drug-likeness (QED) is 0.163. The van der Waals surface area contributed by atoms with Crippen LogP contribution < -0.4 is 14.8 Å². The second kappa shape index (κ2) is 11.7. The van der Waals surface area contributed by atoms with E-state index < -0.39 is 15.8 Å². The van der Waals surface area contributed by atoms with Crippen LogP contribution in [0.4, 0.5) is 15.2 Å². The lowest BCUT2D eigenvalue weighted by molar-refractivity contribution is 0.371. The molecule has 8 nitrogen and oxygen atoms in total. The standard InChI is InChI=1S/C29H24ClFN4O4S2/c1-17-13-21(32-15-20-9-6-10-24(39-2)26(20)36)16-33-28(17)41(37,38)35-29-34-25(19-11-12-23(31)22(30)14-19)27(40-29)18-7-4-3-5-8-18/h3-14,16,32,36H,15H2,1-2H3,(H,34,35). The lowest BCUT2D eigenvalue weighted by atomic mass is 10.1. The summed E-state index contributed by atoms with van der Waals surface area (Å²) in [5.41, 5.74) is 3.41. The van der Waals surface area contributed by atoms with Crippen LogP contribution in [-0.4, -0.2) is 30.6 Å². The summed E-state index contributed by atoms with van der Waals surface area (Å²) in [6, 6.07) is 20.4. The highest BCUT2D eigenvalue weighted by Gasteiger charge is 2.23. The van der Waals surface area contributed by atoms with E-state index in [2.05, 4.69) is 20.0 Å². The van der Waals surface area contributed by atoms with E-state index in [4.69, 9.17) is 16.3 Å². The van der Waals surface area contributed by atoms with Gasteiger partial charge >= 0.3 is 0 Å². The van der Waals surface area contributed by atoms with Gasteiger partial charge in [-0.1, -0.05) is 65.4 Å². The molecule has 12 heteroatoms. The zero-order chi connectivity index (χ0) is 29.1. The van der Waals surface area contributed by atoms with E-state index in [1.807, 2.05) is 30.3 Å². The van der Waals surface area contributed by atoms with Crippen molar-refractivity contribution in [3.05, 3.63) is 101 Å². The number of aromatic hydroxyl groups is 1. The summed E-state index contributed by atoms with van der Waals surface area (Å²) in [5.74, 6) is -0.182. The molecule has 2 heterocycles. The number of para-hydroxylation sites is 1. The number of hydrogen-bond donors (Lipinski definition) is 3. The third-order valence-electron chi connectivity index (χ3n) is 6.15. The van der Waals surface area contributed by atoms with Gasteiger partial charge in [0.25, 0.3) is 10.0 Å². The van der Waals surface area contributed by atoms with Gasteiger partial charge in [-0.25, -0.2) is 14.4 Å². The van der Waals surface area contributed by atoms with Crippen LogP contribution in [0, 0.1) is 12.7 Å². The predicted octanol–water partition coefficient (Wildman–Crippen LogP) is 7.10. The molecular weight excluding hydrogens is 587 g/mol. The molecule has 210 valence electrons. The first-order valence-corrected chi connectivity index (χ1v) is 14.9. The Morgan fingerprint density at radius 1 is 1.05 bits per heavy atom. The maximum atomic E-state index is 13.8. The summed E-state index contributed by atoms with van der Waals surface area (Å²) >= 11 is 7.17. The number of nitrogens with zero attached hydrogens (tertiary/aromatic N) is 2. The van der Waals surface area contributed by atoms with Crippen molar-refractivity contribution in [2.24, 2.45) is 0 Å². The molecule has 0 amide bonds. The van der Waals surface area contributed by atoms with E-state index in [1.54, 1.807) is 37.3 Å². The molecule has 0 aliphatic rings. The molecule has 0 aliphatic carbocycles. The molecule has 0 atom stereocenters. The number of phenols is 1. The number of hydrogen-bond acceptors (Lipinski definition) is 8. The minimum Gasteiger partial charge on any atom is -0.504 e. The second-order valence-corrected chi connectivity index (χ2v) is 12.0. The number of methoxy groups -OCH3 is 1. The largest absolute Gasteiger partial charge is 0.504 e. The van der Waals surface area contributed by atoms with Crippen molar-refractivity contribution in [1.82, 2.24) is 9.97 Å². The van der Waals surface area contributed by atoms with Crippen LogP contribution in [0.25, 0.3) is 21.7 Å². The highest BCUT2D eigenvalue weighted by atomic mass is 35.5. The lowest BCUT2D eigenvalue weighted by Gasteiger charge is -2.12. The van der Waals surface area contributed by atoms with E-state index in [0.717, 1.165) is 16.9 Å². The molecule has 3 N–H and O–H groups in total. The number of rotatable bonds is 9. The minimum atomic E-state index is -4.11. The third kappa shape index (κ3) is 6.12. The highest BCUT2D eigenvalue weighted by molar-refractivity contribution is 7.92. The Hall–Kier alpha value is -4.19. The monoisotopic (exact) mass is 610 g/mol. The zero-order valence-corrected chi connectivity index (χ0v) is 24.2. The van der Waals surface area contributed by atoms with Crippen molar-refractivity contribution < 1.29 is 22.7 Å². The van der Waals surface area contributed by atoms with Crippen LogP contribution >= 0.6 is 22.9 Å². The number of aryl methyl sites for hydroxylation is 1. The number of sulfonamides is 1. The van der Waals surface area contributed by atoms with Crippen molar-refractivity contribution in [3.8, 4) is 33.2 Å². The Bertz CT molecular complexity index is 1830. The first kappa shape index (κ1) is 28.3. The van der Waals surface area contributed by atoms with Crippen molar-refractivity contribution >= 4 is 43.8 Å². The molecule has 0 unspecified atom stereocenters. The van der Waals surface area contributed by atoms with Crippen molar-refractivity contribution in [1.29, 1.82) is 0 Å². The average Bonchev–Trinajstić information content (AvgIpc) is 3.37. The third-order valence-corrected chi connectivity index (χ3v) is 8.99. The van der Waals surface area contributed by atoms with Gasteiger partial charge in [0.1, 0.15) is 5.82 Å². The molecule has 0 saturated carbocycles. The number of halogens is 2. The van der Waals surface area contributed by atoms with Gasteiger partial charge in [0, 0.05) is 17.7 Å². The van der Waals surface area contributed by atoms with Crippen LogP contribution in [0.15, 0.2) is 84.0 Å². The summed E-state index contributed by atoms with van der Waals surface area (Å²) < 4.78 is 48.3. The summed E-state index contributed by atoms with van der Waals surface area (Å²) in [6.45, 7) is 1.91. The second-order valence-electron chi connectivity index (χ2n) is 8.96. The molecule has 2 aromatic heterocycles. The molecule has 41 heavy (non-hydrogen) atoms. The fourth-order valence-electron chi connectivity index (χ4n) is 4.16. The molecule has 0 radical (unpaired) electrons. The van der Waals surface area contributed by atoms with Crippen LogP contribution in [0.5, 0.6) is 11.5 Å². The van der Waals surface area contributed by atoms with Gasteiger partial charge in [0.05, 0.1) is 34.6 Å². The van der Waals surface area contributed by atoms with Crippen molar-refractivity contribution in [2.75, 3.05) is 17.1 Å². The normalized spacial score (nSPS) is 11.3. The predicted molar refractivity (Wildman–Crippen MR) is 160 cm³/mol. The van der Waals surface area contributed by atoms with E-state index >= 15 is 0 Å². The van der Waals surface area contributed by atoms with Crippen LogP contribution in [0.2, 0.25) is 5.02 Å². The number of nitrogens with one attached hydrogen (secondary N) is 2. The van der Waals surface area contributed by atoms with Crippen LogP contribution in [0.3, 0.4) is 0 Å². The Morgan fingerprint density at radius 2 is 1.83 bits per heavy atom. The van der Waals surface area contributed by atoms with Gasteiger partial charge in [0.15, 0.2) is 21.7 Å². The fraction of sp³-hybridized carbons (Fsp3) is 0.103. The number of ether oxygens (including phenoxy) is 1. The molecule has 0 aliphatic heterocycles. The van der Waals surface area contributed by atoms with Crippen molar-refractivity contribution in [2.45, 2.75) is 18.5 Å². The van der Waals surface area contributed by atoms with E-state index in [9.17, 15) is 17.9 Å².